The lowest BCUT2D eigenvalue weighted by Gasteiger charge is -2.46. The minimum atomic E-state index is -4.78. The summed E-state index contributed by atoms with van der Waals surface area (Å²) in [4.78, 5) is 15.2. The quantitative estimate of drug-likeness (QED) is 0.485. The summed E-state index contributed by atoms with van der Waals surface area (Å²) in [6, 6.07) is 25.2. The van der Waals surface area contributed by atoms with Crippen LogP contribution in [0.2, 0.25) is 0 Å². The second-order valence-corrected chi connectivity index (χ2v) is 9.47. The zero-order valence-corrected chi connectivity index (χ0v) is 19.4. The lowest BCUT2D eigenvalue weighted by molar-refractivity contribution is -0.321. The number of halogens is 3. The molecule has 0 radical (unpaired) electrons. The van der Waals surface area contributed by atoms with Crippen LogP contribution in [0.25, 0.3) is 5.57 Å². The largest absolute Gasteiger partial charge is 0.573 e. The van der Waals surface area contributed by atoms with Crippen molar-refractivity contribution in [2.24, 2.45) is 11.3 Å². The average molecular weight is 493 g/mol. The van der Waals surface area contributed by atoms with Gasteiger partial charge in [0.1, 0.15) is 5.75 Å². The van der Waals surface area contributed by atoms with E-state index in [0.29, 0.717) is 31.6 Å². The van der Waals surface area contributed by atoms with E-state index in [9.17, 15) is 23.1 Å². The van der Waals surface area contributed by atoms with Gasteiger partial charge in [-0.1, -0.05) is 78.9 Å². The maximum Gasteiger partial charge on any atom is 0.573 e. The second-order valence-electron chi connectivity index (χ2n) is 9.47. The Kier molecular flexibility index (Phi) is 6.35. The Morgan fingerprint density at radius 1 is 0.944 bits per heavy atom. The zero-order chi connectivity index (χ0) is 25.3. The molecule has 0 amide bonds. The maximum absolute atomic E-state index is 13.0. The molecule has 1 fully saturated rings. The molecule has 0 spiro atoms. The third-order valence-electron chi connectivity index (χ3n) is 7.37. The number of alkyl halides is 3. The molecule has 0 saturated carbocycles. The SMILES string of the molecule is O=C([O-])C12CN(Cc3ccccc3)CC1C(c1ccc(OC(F)(F)F)cc1)=CCC2c1ccccc1. The van der Waals surface area contributed by atoms with Gasteiger partial charge in [-0.3, -0.25) is 4.90 Å². The van der Waals surface area contributed by atoms with Crippen molar-refractivity contribution < 1.29 is 27.8 Å². The standard InChI is InChI=1S/C29H26F3NO3/c30-29(31,32)36-23-13-11-21(12-14-23)24-15-16-25(22-9-5-2-6-10-22)28(27(34)35)19-33(18-26(24)28)17-20-7-3-1-4-8-20/h1-15,25-26H,16-19H2,(H,34,35)/p-1. The lowest BCUT2D eigenvalue weighted by atomic mass is 9.59. The second kappa shape index (κ2) is 9.47. The van der Waals surface area contributed by atoms with Gasteiger partial charge < -0.3 is 14.6 Å². The summed E-state index contributed by atoms with van der Waals surface area (Å²) in [5.41, 5.74) is 2.35. The third kappa shape index (κ3) is 4.63. The van der Waals surface area contributed by atoms with Gasteiger partial charge in [0, 0.05) is 36.9 Å². The monoisotopic (exact) mass is 492 g/mol. The first kappa shape index (κ1) is 24.1. The van der Waals surface area contributed by atoms with Gasteiger partial charge in [0.2, 0.25) is 0 Å². The van der Waals surface area contributed by atoms with Crippen molar-refractivity contribution in [1.82, 2.24) is 4.90 Å². The summed E-state index contributed by atoms with van der Waals surface area (Å²) < 4.78 is 41.9. The van der Waals surface area contributed by atoms with E-state index in [-0.39, 0.29) is 17.6 Å². The Hall–Kier alpha value is -3.58. The first-order chi connectivity index (χ1) is 17.3. The van der Waals surface area contributed by atoms with Crippen molar-refractivity contribution in [2.75, 3.05) is 13.1 Å². The molecule has 0 N–H and O–H groups in total. The van der Waals surface area contributed by atoms with E-state index in [1.807, 2.05) is 66.7 Å². The molecular formula is C29H25F3NO3-. The van der Waals surface area contributed by atoms with E-state index < -0.39 is 17.7 Å². The van der Waals surface area contributed by atoms with Gasteiger partial charge in [0.25, 0.3) is 0 Å². The number of fused-ring (bicyclic) bond motifs is 1. The number of rotatable bonds is 6. The summed E-state index contributed by atoms with van der Waals surface area (Å²) in [7, 11) is 0. The number of allylic oxidation sites excluding steroid dienone is 1. The van der Waals surface area contributed by atoms with E-state index in [2.05, 4.69) is 9.64 Å². The van der Waals surface area contributed by atoms with Crippen LogP contribution in [0.5, 0.6) is 5.75 Å². The molecule has 186 valence electrons. The Morgan fingerprint density at radius 3 is 2.19 bits per heavy atom. The van der Waals surface area contributed by atoms with E-state index in [1.165, 1.54) is 12.1 Å². The molecule has 2 aliphatic rings. The topological polar surface area (TPSA) is 52.6 Å². The molecule has 3 aromatic rings. The van der Waals surface area contributed by atoms with Crippen molar-refractivity contribution >= 4 is 11.5 Å². The van der Waals surface area contributed by atoms with Crippen LogP contribution in [-0.2, 0) is 11.3 Å². The van der Waals surface area contributed by atoms with Crippen molar-refractivity contribution in [3.8, 4) is 5.75 Å². The van der Waals surface area contributed by atoms with Gasteiger partial charge in [-0.05, 0) is 40.8 Å². The number of carboxylic acid groups (broad SMARTS) is 1. The van der Waals surface area contributed by atoms with Crippen LogP contribution in [0.4, 0.5) is 13.2 Å². The van der Waals surface area contributed by atoms with Crippen LogP contribution in [0.3, 0.4) is 0 Å². The highest BCUT2D eigenvalue weighted by Gasteiger charge is 2.55. The highest BCUT2D eigenvalue weighted by molar-refractivity contribution is 5.83. The van der Waals surface area contributed by atoms with Crippen molar-refractivity contribution in [3.05, 3.63) is 108 Å². The Morgan fingerprint density at radius 2 is 1.58 bits per heavy atom. The summed E-state index contributed by atoms with van der Waals surface area (Å²) in [6.45, 7) is 1.42. The van der Waals surface area contributed by atoms with E-state index in [1.54, 1.807) is 12.1 Å². The first-order valence-corrected chi connectivity index (χ1v) is 11.9. The summed E-state index contributed by atoms with van der Waals surface area (Å²) in [6.07, 6.45) is -2.25. The normalized spacial score (nSPS) is 24.1. The molecule has 0 bridgehead atoms. The lowest BCUT2D eigenvalue weighted by Crippen LogP contribution is -2.53. The third-order valence-corrected chi connectivity index (χ3v) is 7.37. The number of carbonyl (C=O) groups is 1. The first-order valence-electron chi connectivity index (χ1n) is 11.9. The van der Waals surface area contributed by atoms with Gasteiger partial charge >= 0.3 is 6.36 Å². The number of carboxylic acids is 1. The molecular weight excluding hydrogens is 467 g/mol. The molecule has 1 aliphatic carbocycles. The smallest absolute Gasteiger partial charge is 0.549 e. The predicted octanol–water partition coefficient (Wildman–Crippen LogP) is 5.02. The molecule has 3 aromatic carbocycles. The van der Waals surface area contributed by atoms with Crippen LogP contribution in [0.1, 0.15) is 29.0 Å². The minimum absolute atomic E-state index is 0.286. The zero-order valence-electron chi connectivity index (χ0n) is 19.4. The molecule has 1 heterocycles. The average Bonchev–Trinajstić information content (AvgIpc) is 3.24. The van der Waals surface area contributed by atoms with Crippen molar-refractivity contribution in [1.29, 1.82) is 0 Å². The van der Waals surface area contributed by atoms with Crippen molar-refractivity contribution in [2.45, 2.75) is 25.2 Å². The molecule has 3 atom stereocenters. The van der Waals surface area contributed by atoms with Crippen molar-refractivity contribution in [3.63, 3.8) is 0 Å². The minimum Gasteiger partial charge on any atom is -0.549 e. The number of benzene rings is 3. The van der Waals surface area contributed by atoms with Crippen LogP contribution < -0.4 is 9.84 Å². The van der Waals surface area contributed by atoms with Gasteiger partial charge in [0.05, 0.1) is 5.97 Å². The van der Waals surface area contributed by atoms with Gasteiger partial charge in [-0.15, -0.1) is 13.2 Å². The molecule has 36 heavy (non-hydrogen) atoms. The fourth-order valence-electron chi connectivity index (χ4n) is 5.89. The molecule has 0 aromatic heterocycles. The van der Waals surface area contributed by atoms with E-state index in [0.717, 1.165) is 16.7 Å². The van der Waals surface area contributed by atoms with Crippen LogP contribution in [0, 0.1) is 11.3 Å². The number of hydrogen-bond donors (Lipinski definition) is 0. The highest BCUT2D eigenvalue weighted by atomic mass is 19.4. The van der Waals surface area contributed by atoms with Crippen LogP contribution in [-0.4, -0.2) is 30.3 Å². The summed E-state index contributed by atoms with van der Waals surface area (Å²) in [5, 5.41) is 13.0. The fourth-order valence-corrected chi connectivity index (χ4v) is 5.89. The molecule has 1 aliphatic heterocycles. The number of aliphatic carboxylic acids is 1. The van der Waals surface area contributed by atoms with E-state index in [4.69, 9.17) is 0 Å². The van der Waals surface area contributed by atoms with Crippen LogP contribution in [0.15, 0.2) is 91.0 Å². The Balaban J connectivity index is 1.54. The van der Waals surface area contributed by atoms with Crippen LogP contribution >= 0.6 is 0 Å². The highest BCUT2D eigenvalue weighted by Crippen LogP contribution is 2.56. The number of hydrogen-bond acceptors (Lipinski definition) is 4. The number of nitrogens with zero attached hydrogens (tertiary/aromatic N) is 1. The summed E-state index contributed by atoms with van der Waals surface area (Å²) >= 11 is 0. The molecule has 5 rings (SSSR count). The molecule has 3 unspecified atom stereocenters. The molecule has 1 saturated heterocycles. The summed E-state index contributed by atoms with van der Waals surface area (Å²) in [5.74, 6) is -2.08. The number of likely N-dealkylation sites (tertiary alicyclic amines) is 1. The number of ether oxygens (including phenoxy) is 1. The number of carbonyl (C=O) groups excluding carboxylic acids is 1. The Bertz CT molecular complexity index is 1240. The molecule has 7 heteroatoms. The van der Waals surface area contributed by atoms with Gasteiger partial charge in [-0.2, -0.15) is 0 Å². The van der Waals surface area contributed by atoms with E-state index >= 15 is 0 Å². The van der Waals surface area contributed by atoms with Gasteiger partial charge in [-0.25, -0.2) is 0 Å². The fraction of sp³-hybridized carbons (Fsp3) is 0.276. The maximum atomic E-state index is 13.0. The molecule has 4 nitrogen and oxygen atoms in total. The Labute approximate surface area is 207 Å². The van der Waals surface area contributed by atoms with Gasteiger partial charge in [0.15, 0.2) is 0 Å². The predicted molar refractivity (Wildman–Crippen MR) is 128 cm³/mol.